The largest absolute Gasteiger partial charge is 0.454 e. The summed E-state index contributed by atoms with van der Waals surface area (Å²) in [7, 11) is 0. The molecule has 0 aliphatic carbocycles. The Kier molecular flexibility index (Phi) is 5.52. The molecule has 3 heteroatoms. The molecule has 1 aromatic carbocycles. The van der Waals surface area contributed by atoms with Gasteiger partial charge in [0.15, 0.2) is 11.5 Å². The maximum atomic E-state index is 5.40. The molecule has 1 aliphatic heterocycles. The average Bonchev–Trinajstić information content (AvgIpc) is 2.86. The molecular weight excluding hydrogens is 238 g/mol. The van der Waals surface area contributed by atoms with Crippen molar-refractivity contribution in [2.24, 2.45) is 0 Å². The number of hydrogen-bond acceptors (Lipinski definition) is 3. The van der Waals surface area contributed by atoms with E-state index in [1.807, 2.05) is 6.07 Å². The van der Waals surface area contributed by atoms with Crippen LogP contribution in [0.25, 0.3) is 0 Å². The lowest BCUT2D eigenvalue weighted by atomic mass is 10.1. The fraction of sp³-hybridized carbons (Fsp3) is 0.625. The lowest BCUT2D eigenvalue weighted by molar-refractivity contribution is 0.174. The van der Waals surface area contributed by atoms with E-state index in [1.165, 1.54) is 31.2 Å². The first-order valence-electron chi connectivity index (χ1n) is 7.41. The van der Waals surface area contributed by atoms with Crippen LogP contribution in [0.2, 0.25) is 0 Å². The molecule has 0 saturated heterocycles. The molecule has 0 saturated carbocycles. The molecule has 0 aromatic heterocycles. The van der Waals surface area contributed by atoms with Crippen molar-refractivity contribution in [2.75, 3.05) is 13.3 Å². The third-order valence-electron chi connectivity index (χ3n) is 3.50. The topological polar surface area (TPSA) is 30.5 Å². The van der Waals surface area contributed by atoms with Gasteiger partial charge in [0.2, 0.25) is 6.79 Å². The van der Waals surface area contributed by atoms with Crippen molar-refractivity contribution < 1.29 is 9.47 Å². The fourth-order valence-electron chi connectivity index (χ4n) is 2.39. The van der Waals surface area contributed by atoms with Gasteiger partial charge in [-0.1, -0.05) is 32.3 Å². The Morgan fingerprint density at radius 3 is 2.84 bits per heavy atom. The summed E-state index contributed by atoms with van der Waals surface area (Å²) in [5.74, 6) is 1.75. The molecule has 1 N–H and O–H groups in total. The SMILES string of the molecule is CCCCCCNC(C)Cc1ccc2c(c1)OCO2. The van der Waals surface area contributed by atoms with Gasteiger partial charge in [-0.2, -0.15) is 0 Å². The van der Waals surface area contributed by atoms with E-state index in [9.17, 15) is 0 Å². The van der Waals surface area contributed by atoms with E-state index >= 15 is 0 Å². The van der Waals surface area contributed by atoms with Crippen molar-refractivity contribution in [3.63, 3.8) is 0 Å². The minimum atomic E-state index is 0.351. The van der Waals surface area contributed by atoms with Crippen LogP contribution in [0.15, 0.2) is 18.2 Å². The Bertz CT molecular complexity index is 392. The molecule has 1 aromatic rings. The van der Waals surface area contributed by atoms with Crippen LogP contribution in [-0.4, -0.2) is 19.4 Å². The van der Waals surface area contributed by atoms with Gasteiger partial charge < -0.3 is 14.8 Å². The maximum absolute atomic E-state index is 5.40. The van der Waals surface area contributed by atoms with Gasteiger partial charge in [0, 0.05) is 6.04 Å². The fourth-order valence-corrected chi connectivity index (χ4v) is 2.39. The van der Waals surface area contributed by atoms with Crippen LogP contribution >= 0.6 is 0 Å². The van der Waals surface area contributed by atoms with Gasteiger partial charge in [0.05, 0.1) is 0 Å². The van der Waals surface area contributed by atoms with Crippen LogP contribution in [0.5, 0.6) is 11.5 Å². The van der Waals surface area contributed by atoms with Gasteiger partial charge in [-0.3, -0.25) is 0 Å². The molecule has 2 rings (SSSR count). The zero-order valence-corrected chi connectivity index (χ0v) is 12.1. The Balaban J connectivity index is 1.71. The molecule has 1 unspecified atom stereocenters. The van der Waals surface area contributed by atoms with Gasteiger partial charge in [-0.25, -0.2) is 0 Å². The maximum Gasteiger partial charge on any atom is 0.231 e. The van der Waals surface area contributed by atoms with Crippen LogP contribution in [0, 0.1) is 0 Å². The lowest BCUT2D eigenvalue weighted by Crippen LogP contribution is -2.28. The summed E-state index contributed by atoms with van der Waals surface area (Å²) in [6.45, 7) is 5.95. The molecule has 106 valence electrons. The normalized spacial score (nSPS) is 14.6. The molecule has 0 spiro atoms. The zero-order valence-electron chi connectivity index (χ0n) is 12.1. The molecule has 1 heterocycles. The summed E-state index contributed by atoms with van der Waals surface area (Å²) in [5, 5.41) is 3.59. The van der Waals surface area contributed by atoms with Crippen molar-refractivity contribution in [3.05, 3.63) is 23.8 Å². The van der Waals surface area contributed by atoms with E-state index in [0.717, 1.165) is 24.5 Å². The van der Waals surface area contributed by atoms with Gasteiger partial charge >= 0.3 is 0 Å². The summed E-state index contributed by atoms with van der Waals surface area (Å²) in [5.41, 5.74) is 1.30. The number of unbranched alkanes of at least 4 members (excludes halogenated alkanes) is 3. The first-order chi connectivity index (χ1) is 9.29. The summed E-state index contributed by atoms with van der Waals surface area (Å²) < 4.78 is 10.7. The Morgan fingerprint density at radius 1 is 1.16 bits per heavy atom. The van der Waals surface area contributed by atoms with Gasteiger partial charge in [0.25, 0.3) is 0 Å². The molecule has 0 fully saturated rings. The Morgan fingerprint density at radius 2 is 2.00 bits per heavy atom. The quantitative estimate of drug-likeness (QED) is 0.728. The number of nitrogens with one attached hydrogen (secondary N) is 1. The average molecular weight is 263 g/mol. The van der Waals surface area contributed by atoms with Crippen LogP contribution in [0.4, 0.5) is 0 Å². The van der Waals surface area contributed by atoms with Gasteiger partial charge in [0.1, 0.15) is 0 Å². The molecule has 0 radical (unpaired) electrons. The molecule has 1 aliphatic rings. The van der Waals surface area contributed by atoms with Crippen molar-refractivity contribution >= 4 is 0 Å². The minimum absolute atomic E-state index is 0.351. The second kappa shape index (κ2) is 7.39. The highest BCUT2D eigenvalue weighted by Crippen LogP contribution is 2.32. The van der Waals surface area contributed by atoms with Crippen LogP contribution in [-0.2, 0) is 6.42 Å². The zero-order chi connectivity index (χ0) is 13.5. The monoisotopic (exact) mass is 263 g/mol. The van der Waals surface area contributed by atoms with E-state index in [2.05, 4.69) is 31.3 Å². The smallest absolute Gasteiger partial charge is 0.231 e. The van der Waals surface area contributed by atoms with E-state index in [-0.39, 0.29) is 0 Å². The summed E-state index contributed by atoms with van der Waals surface area (Å²) in [4.78, 5) is 0. The third kappa shape index (κ3) is 4.43. The van der Waals surface area contributed by atoms with Crippen molar-refractivity contribution in [1.82, 2.24) is 5.32 Å². The molecule has 1 atom stereocenters. The van der Waals surface area contributed by atoms with Crippen LogP contribution in [0.3, 0.4) is 0 Å². The molecule has 3 nitrogen and oxygen atoms in total. The number of rotatable bonds is 8. The summed E-state index contributed by atoms with van der Waals surface area (Å²) in [6, 6.07) is 6.73. The van der Waals surface area contributed by atoms with E-state index in [0.29, 0.717) is 12.8 Å². The number of ether oxygens (including phenoxy) is 2. The van der Waals surface area contributed by atoms with Crippen molar-refractivity contribution in [3.8, 4) is 11.5 Å². The van der Waals surface area contributed by atoms with Crippen LogP contribution < -0.4 is 14.8 Å². The molecule has 19 heavy (non-hydrogen) atoms. The molecule has 0 bridgehead atoms. The highest BCUT2D eigenvalue weighted by Gasteiger charge is 2.13. The van der Waals surface area contributed by atoms with E-state index in [4.69, 9.17) is 9.47 Å². The summed E-state index contributed by atoms with van der Waals surface area (Å²) >= 11 is 0. The molecular formula is C16H25NO2. The van der Waals surface area contributed by atoms with Gasteiger partial charge in [-0.05, 0) is 44.0 Å². The predicted molar refractivity (Wildman–Crippen MR) is 77.9 cm³/mol. The number of fused-ring (bicyclic) bond motifs is 1. The van der Waals surface area contributed by atoms with E-state index < -0.39 is 0 Å². The number of benzene rings is 1. The van der Waals surface area contributed by atoms with Crippen LogP contribution in [0.1, 0.15) is 45.1 Å². The Labute approximate surface area is 116 Å². The first-order valence-corrected chi connectivity index (χ1v) is 7.41. The highest BCUT2D eigenvalue weighted by molar-refractivity contribution is 5.44. The second-order valence-electron chi connectivity index (χ2n) is 5.31. The van der Waals surface area contributed by atoms with E-state index in [1.54, 1.807) is 0 Å². The predicted octanol–water partition coefficient (Wildman–Crippen LogP) is 3.52. The standard InChI is InChI=1S/C16H25NO2/c1-3-4-5-6-9-17-13(2)10-14-7-8-15-16(11-14)19-12-18-15/h7-8,11,13,17H,3-6,9-10,12H2,1-2H3. The molecule has 0 amide bonds. The second-order valence-corrected chi connectivity index (χ2v) is 5.31. The van der Waals surface area contributed by atoms with Crippen molar-refractivity contribution in [1.29, 1.82) is 0 Å². The van der Waals surface area contributed by atoms with Gasteiger partial charge in [-0.15, -0.1) is 0 Å². The Hall–Kier alpha value is -1.22. The van der Waals surface area contributed by atoms with Crippen molar-refractivity contribution in [2.45, 2.75) is 52.0 Å². The highest BCUT2D eigenvalue weighted by atomic mass is 16.7. The summed E-state index contributed by atoms with van der Waals surface area (Å²) in [6.07, 6.45) is 6.29. The third-order valence-corrected chi connectivity index (χ3v) is 3.50. The minimum Gasteiger partial charge on any atom is -0.454 e. The lowest BCUT2D eigenvalue weighted by Gasteiger charge is -2.14. The number of hydrogen-bond donors (Lipinski definition) is 1. The first kappa shape index (κ1) is 14.2.